The normalized spacial score (nSPS) is 27.5. The van der Waals surface area contributed by atoms with Crippen LogP contribution in [-0.4, -0.2) is 80.0 Å². The summed E-state index contributed by atoms with van der Waals surface area (Å²) in [6, 6.07) is 4.64. The number of rotatable bonds is 6. The molecule has 1 saturated carbocycles. The number of hydrogen-bond acceptors (Lipinski definition) is 6. The molecule has 0 unspecified atom stereocenters. The molecule has 3 aliphatic rings. The zero-order valence-electron chi connectivity index (χ0n) is 22.0. The van der Waals surface area contributed by atoms with Gasteiger partial charge in [-0.2, -0.15) is 0 Å². The summed E-state index contributed by atoms with van der Waals surface area (Å²) in [7, 11) is 1.98. The highest BCUT2D eigenvalue weighted by Crippen LogP contribution is 2.40. The third-order valence-corrected chi connectivity index (χ3v) is 7.90. The lowest BCUT2D eigenvalue weighted by molar-refractivity contribution is -0.144. The molecule has 2 amide bonds. The Bertz CT molecular complexity index is 1140. The highest BCUT2D eigenvalue weighted by atomic mass is 19.1. The van der Waals surface area contributed by atoms with Crippen LogP contribution in [0.15, 0.2) is 30.5 Å². The van der Waals surface area contributed by atoms with Crippen molar-refractivity contribution in [2.24, 2.45) is 5.41 Å². The van der Waals surface area contributed by atoms with E-state index in [1.807, 2.05) is 34.0 Å². The Labute approximate surface area is 217 Å². The molecule has 5 rings (SSSR count). The minimum atomic E-state index is -0.780. The number of hydrogen-bond donors (Lipinski definition) is 2. The van der Waals surface area contributed by atoms with E-state index in [0.717, 1.165) is 37.1 Å². The smallest absolute Gasteiger partial charge is 0.248 e. The maximum atomic E-state index is 14.0. The largest absolute Gasteiger partial charge is 0.391 e. The number of aliphatic hydroxyl groups excluding tert-OH is 1. The van der Waals surface area contributed by atoms with Gasteiger partial charge in [0.1, 0.15) is 17.9 Å². The zero-order valence-corrected chi connectivity index (χ0v) is 22.0. The molecule has 1 aromatic carbocycles. The second-order valence-electron chi connectivity index (χ2n) is 11.9. The minimum absolute atomic E-state index is 0.0969. The Balaban J connectivity index is 1.35. The van der Waals surface area contributed by atoms with Crippen molar-refractivity contribution in [3.8, 4) is 0 Å². The van der Waals surface area contributed by atoms with Gasteiger partial charge in [0.2, 0.25) is 11.8 Å². The first kappa shape index (κ1) is 25.8. The number of aromatic nitrogens is 3. The van der Waals surface area contributed by atoms with E-state index in [2.05, 4.69) is 20.5 Å². The second-order valence-corrected chi connectivity index (χ2v) is 11.9. The summed E-state index contributed by atoms with van der Waals surface area (Å²) in [6.45, 7) is 6.79. The van der Waals surface area contributed by atoms with Gasteiger partial charge in [0.15, 0.2) is 0 Å². The summed E-state index contributed by atoms with van der Waals surface area (Å²) >= 11 is 0. The fraction of sp³-hybridized carbons (Fsp3) is 0.630. The summed E-state index contributed by atoms with van der Waals surface area (Å²) in [5.74, 6) is -0.406. The molecule has 0 spiro atoms. The number of likely N-dealkylation sites (N-methyl/N-ethyl adjacent to an activating group) is 1. The van der Waals surface area contributed by atoms with E-state index in [1.165, 1.54) is 17.0 Å². The number of amides is 2. The highest BCUT2D eigenvalue weighted by molar-refractivity contribution is 5.90. The van der Waals surface area contributed by atoms with Crippen molar-refractivity contribution in [2.75, 3.05) is 20.1 Å². The molecule has 1 aromatic heterocycles. The van der Waals surface area contributed by atoms with Gasteiger partial charge in [-0.25, -0.2) is 9.07 Å². The van der Waals surface area contributed by atoms with Crippen LogP contribution in [0, 0.1) is 11.2 Å². The summed E-state index contributed by atoms with van der Waals surface area (Å²) < 4.78 is 15.1. The quantitative estimate of drug-likeness (QED) is 0.616. The van der Waals surface area contributed by atoms with Crippen molar-refractivity contribution in [3.05, 3.63) is 47.5 Å². The average Bonchev–Trinajstić information content (AvgIpc) is 3.26. The van der Waals surface area contributed by atoms with Crippen LogP contribution in [0.4, 0.5) is 4.39 Å². The third-order valence-electron chi connectivity index (χ3n) is 7.90. The average molecular weight is 513 g/mol. The zero-order chi connectivity index (χ0) is 26.5. The standard InChI is InChI=1S/C27H37FN6O3/c1-27(2,3)24(34-15-21(30-31-34)16-5-6-16)26(37)33-14-19(35)13-22(33)25(36)29-20-11-12-32(4)23(20)17-7-9-18(28)10-8-17/h7-10,15-16,19-20,22-24,35H,5-6,11-14H2,1-4H3,(H,29,36)/t19-,20-,22+,23+,24-/m1/s1. The van der Waals surface area contributed by atoms with E-state index in [9.17, 15) is 19.1 Å². The number of carbonyl (C=O) groups excluding carboxylic acids is 2. The van der Waals surface area contributed by atoms with Gasteiger partial charge in [-0.1, -0.05) is 38.1 Å². The third kappa shape index (κ3) is 5.27. The predicted molar refractivity (Wildman–Crippen MR) is 135 cm³/mol. The van der Waals surface area contributed by atoms with Gasteiger partial charge in [-0.05, 0) is 49.4 Å². The number of aliphatic hydroxyl groups is 1. The molecule has 200 valence electrons. The van der Waals surface area contributed by atoms with Crippen LogP contribution in [-0.2, 0) is 9.59 Å². The SMILES string of the molecule is CN1CC[C@@H](NC(=O)[C@@H]2C[C@@H](O)CN2C(=O)[C@@H](n2cc(C3CC3)nn2)C(C)(C)C)[C@@H]1c1ccc(F)cc1. The van der Waals surface area contributed by atoms with Crippen molar-refractivity contribution in [1.29, 1.82) is 0 Å². The lowest BCUT2D eigenvalue weighted by Gasteiger charge is -2.35. The van der Waals surface area contributed by atoms with Gasteiger partial charge in [0.25, 0.3) is 0 Å². The summed E-state index contributed by atoms with van der Waals surface area (Å²) in [4.78, 5) is 31.2. The summed E-state index contributed by atoms with van der Waals surface area (Å²) in [5.41, 5.74) is 1.34. The fourth-order valence-electron chi connectivity index (χ4n) is 5.85. The topological polar surface area (TPSA) is 104 Å². The number of benzene rings is 1. The molecular formula is C27H37FN6O3. The number of nitrogens with zero attached hydrogens (tertiary/aromatic N) is 5. The van der Waals surface area contributed by atoms with Gasteiger partial charge >= 0.3 is 0 Å². The van der Waals surface area contributed by atoms with E-state index in [4.69, 9.17) is 0 Å². The first-order valence-corrected chi connectivity index (χ1v) is 13.2. The summed E-state index contributed by atoms with van der Waals surface area (Å²) in [5, 5.41) is 22.3. The van der Waals surface area contributed by atoms with Crippen LogP contribution < -0.4 is 5.32 Å². The number of carbonyl (C=O) groups is 2. The van der Waals surface area contributed by atoms with Crippen molar-refractivity contribution >= 4 is 11.8 Å². The predicted octanol–water partition coefficient (Wildman–Crippen LogP) is 2.41. The van der Waals surface area contributed by atoms with Gasteiger partial charge < -0.3 is 15.3 Å². The van der Waals surface area contributed by atoms with Crippen LogP contribution in [0.3, 0.4) is 0 Å². The maximum Gasteiger partial charge on any atom is 0.248 e. The van der Waals surface area contributed by atoms with E-state index in [-0.39, 0.29) is 42.7 Å². The van der Waals surface area contributed by atoms with Gasteiger partial charge in [0, 0.05) is 37.7 Å². The Hall–Kier alpha value is -2.85. The van der Waals surface area contributed by atoms with Crippen LogP contribution in [0.1, 0.15) is 75.7 Å². The fourth-order valence-corrected chi connectivity index (χ4v) is 5.85. The van der Waals surface area contributed by atoms with Crippen LogP contribution >= 0.6 is 0 Å². The molecule has 5 atom stereocenters. The lowest BCUT2D eigenvalue weighted by atomic mass is 9.85. The molecule has 9 nitrogen and oxygen atoms in total. The Morgan fingerprint density at radius 3 is 2.51 bits per heavy atom. The van der Waals surface area contributed by atoms with E-state index >= 15 is 0 Å². The number of nitrogens with one attached hydrogen (secondary N) is 1. The molecule has 0 radical (unpaired) electrons. The highest BCUT2D eigenvalue weighted by Gasteiger charge is 2.46. The number of halogens is 1. The minimum Gasteiger partial charge on any atom is -0.391 e. The summed E-state index contributed by atoms with van der Waals surface area (Å²) in [6.07, 6.45) is 4.17. The first-order chi connectivity index (χ1) is 17.5. The molecule has 2 saturated heterocycles. The number of likely N-dealkylation sites (tertiary alicyclic amines) is 2. The molecule has 2 N–H and O–H groups in total. The first-order valence-electron chi connectivity index (χ1n) is 13.2. The van der Waals surface area contributed by atoms with Crippen LogP contribution in [0.2, 0.25) is 0 Å². The van der Waals surface area contributed by atoms with Gasteiger partial charge in [-0.3, -0.25) is 14.5 Å². The second kappa shape index (κ2) is 9.79. The molecule has 37 heavy (non-hydrogen) atoms. The van der Waals surface area contributed by atoms with Crippen molar-refractivity contribution in [2.45, 2.75) is 82.6 Å². The molecule has 2 aliphatic heterocycles. The molecule has 2 aromatic rings. The Morgan fingerprint density at radius 2 is 1.86 bits per heavy atom. The molecule has 3 heterocycles. The Kier molecular flexibility index (Phi) is 6.83. The van der Waals surface area contributed by atoms with E-state index < -0.39 is 23.6 Å². The van der Waals surface area contributed by atoms with Crippen molar-refractivity contribution < 1.29 is 19.1 Å². The molecular weight excluding hydrogens is 475 g/mol. The van der Waals surface area contributed by atoms with Gasteiger partial charge in [0.05, 0.1) is 17.8 Å². The molecule has 3 fully saturated rings. The molecule has 1 aliphatic carbocycles. The molecule has 10 heteroatoms. The monoisotopic (exact) mass is 512 g/mol. The van der Waals surface area contributed by atoms with Gasteiger partial charge in [-0.15, -0.1) is 5.10 Å². The van der Waals surface area contributed by atoms with Crippen molar-refractivity contribution in [3.63, 3.8) is 0 Å². The van der Waals surface area contributed by atoms with Crippen molar-refractivity contribution in [1.82, 2.24) is 30.1 Å². The van der Waals surface area contributed by atoms with E-state index in [1.54, 1.807) is 16.8 Å². The number of β-amino-alcohol motifs (C(OH)–C–C–N with tert-alkyl or cyclic N) is 1. The Morgan fingerprint density at radius 1 is 1.16 bits per heavy atom. The maximum absolute atomic E-state index is 14.0. The van der Waals surface area contributed by atoms with Crippen LogP contribution in [0.5, 0.6) is 0 Å². The molecule has 0 bridgehead atoms. The van der Waals surface area contributed by atoms with E-state index in [0.29, 0.717) is 5.92 Å². The van der Waals surface area contributed by atoms with Crippen LogP contribution in [0.25, 0.3) is 0 Å². The lowest BCUT2D eigenvalue weighted by Crippen LogP contribution is -2.52.